The molecule has 3 N–H and O–H groups in total. The van der Waals surface area contributed by atoms with Gasteiger partial charge in [-0.2, -0.15) is 4.98 Å². The first kappa shape index (κ1) is 25.5. The first-order valence-corrected chi connectivity index (χ1v) is 11.3. The van der Waals surface area contributed by atoms with E-state index in [0.717, 1.165) is 5.69 Å². The Labute approximate surface area is 202 Å². The van der Waals surface area contributed by atoms with Crippen LogP contribution in [0.2, 0.25) is 0 Å². The number of amides is 1. The quantitative estimate of drug-likeness (QED) is 0.374. The van der Waals surface area contributed by atoms with Crippen molar-refractivity contribution in [3.05, 3.63) is 52.1 Å². The number of anilines is 2. The molecule has 0 aliphatic heterocycles. The molecule has 1 amide bonds. The van der Waals surface area contributed by atoms with Gasteiger partial charge in [0.1, 0.15) is 5.78 Å². The van der Waals surface area contributed by atoms with Gasteiger partial charge in [0.05, 0.1) is 24.5 Å². The Hall–Kier alpha value is -4.15. The Balaban J connectivity index is 1.67. The summed E-state index contributed by atoms with van der Waals surface area (Å²) in [5, 5.41) is 5.48. The van der Waals surface area contributed by atoms with Crippen LogP contribution in [-0.4, -0.2) is 57.5 Å². The highest BCUT2D eigenvalue weighted by atomic mass is 16.2. The van der Waals surface area contributed by atoms with Crippen LogP contribution in [0.1, 0.15) is 49.2 Å². The third kappa shape index (κ3) is 6.46. The number of rotatable bonds is 11. The summed E-state index contributed by atoms with van der Waals surface area (Å²) < 4.78 is 0. The summed E-state index contributed by atoms with van der Waals surface area (Å²) in [5.41, 5.74) is 1.83. The largest absolute Gasteiger partial charge is 0.369 e. The Kier molecular flexibility index (Phi) is 8.24. The van der Waals surface area contributed by atoms with Crippen LogP contribution < -0.4 is 21.1 Å². The van der Waals surface area contributed by atoms with Gasteiger partial charge < -0.3 is 15.5 Å². The number of carbonyl (C=O) groups excluding carboxylic acids is 3. The molecule has 0 spiro atoms. The fraction of sp³-hybridized carbons (Fsp3) is 0.375. The van der Waals surface area contributed by atoms with E-state index in [9.17, 15) is 19.2 Å². The fourth-order valence-electron chi connectivity index (χ4n) is 3.45. The van der Waals surface area contributed by atoms with Crippen molar-refractivity contribution in [1.82, 2.24) is 25.3 Å². The van der Waals surface area contributed by atoms with Crippen LogP contribution in [0.4, 0.5) is 11.6 Å². The maximum Gasteiger partial charge on any atom is 0.280 e. The SMILES string of the molecule is CCC(=O)CCC(NC(=O)c1ccc(N(C)Cc2cnc3nc(NC)[nH]c(=O)c3n2)cc1)C(C)=O. The Bertz CT molecular complexity index is 1290. The molecule has 1 atom stereocenters. The van der Waals surface area contributed by atoms with Gasteiger partial charge >= 0.3 is 0 Å². The number of carbonyl (C=O) groups is 3. The zero-order valence-electron chi connectivity index (χ0n) is 20.2. The number of nitrogens with one attached hydrogen (secondary N) is 3. The summed E-state index contributed by atoms with van der Waals surface area (Å²) in [6.45, 7) is 3.55. The smallest absolute Gasteiger partial charge is 0.280 e. The number of aromatic nitrogens is 4. The van der Waals surface area contributed by atoms with E-state index in [1.807, 2.05) is 11.9 Å². The second-order valence-corrected chi connectivity index (χ2v) is 8.17. The van der Waals surface area contributed by atoms with Crippen molar-refractivity contribution >= 4 is 40.3 Å². The van der Waals surface area contributed by atoms with Gasteiger partial charge in [-0.1, -0.05) is 6.92 Å². The molecular weight excluding hydrogens is 450 g/mol. The number of nitrogens with zero attached hydrogens (tertiary/aromatic N) is 4. The minimum absolute atomic E-state index is 0.0533. The molecule has 0 aliphatic rings. The van der Waals surface area contributed by atoms with Gasteiger partial charge in [0, 0.05) is 38.2 Å². The summed E-state index contributed by atoms with van der Waals surface area (Å²) in [4.78, 5) is 65.7. The average molecular weight is 480 g/mol. The summed E-state index contributed by atoms with van der Waals surface area (Å²) in [5.74, 6) is -0.199. The highest BCUT2D eigenvalue weighted by molar-refractivity contribution is 5.98. The normalized spacial score (nSPS) is 11.7. The number of hydrogen-bond donors (Lipinski definition) is 3. The van der Waals surface area contributed by atoms with E-state index in [4.69, 9.17) is 0 Å². The zero-order chi connectivity index (χ0) is 25.5. The van der Waals surface area contributed by atoms with Gasteiger partial charge in [0.15, 0.2) is 16.9 Å². The lowest BCUT2D eigenvalue weighted by atomic mass is 10.0. The number of H-pyrrole nitrogens is 1. The second-order valence-electron chi connectivity index (χ2n) is 8.17. The predicted molar refractivity (Wildman–Crippen MR) is 133 cm³/mol. The van der Waals surface area contributed by atoms with Crippen LogP contribution >= 0.6 is 0 Å². The van der Waals surface area contributed by atoms with Crippen molar-refractivity contribution in [2.24, 2.45) is 0 Å². The molecule has 1 unspecified atom stereocenters. The minimum atomic E-state index is -0.700. The molecule has 11 nitrogen and oxygen atoms in total. The lowest BCUT2D eigenvalue weighted by Gasteiger charge is -2.19. The van der Waals surface area contributed by atoms with Crippen molar-refractivity contribution in [2.45, 2.75) is 45.7 Å². The fourth-order valence-corrected chi connectivity index (χ4v) is 3.45. The summed E-state index contributed by atoms with van der Waals surface area (Å²) >= 11 is 0. The molecule has 1 aromatic carbocycles. The molecule has 3 rings (SSSR count). The van der Waals surface area contributed by atoms with Crippen molar-refractivity contribution in [3.63, 3.8) is 0 Å². The van der Waals surface area contributed by atoms with E-state index < -0.39 is 6.04 Å². The highest BCUT2D eigenvalue weighted by Gasteiger charge is 2.19. The number of Topliss-reactive ketones (excluding diaryl/α,β-unsaturated/α-hetero) is 2. The van der Waals surface area contributed by atoms with Crippen molar-refractivity contribution in [2.75, 3.05) is 24.3 Å². The Morgan fingerprint density at radius 3 is 2.49 bits per heavy atom. The van der Waals surface area contributed by atoms with Crippen LogP contribution in [0.15, 0.2) is 35.3 Å². The predicted octanol–water partition coefficient (Wildman–Crippen LogP) is 1.84. The Morgan fingerprint density at radius 1 is 1.14 bits per heavy atom. The molecule has 0 radical (unpaired) electrons. The standard InChI is InChI=1S/C24H29N7O4/c1-5-18(33)10-11-19(14(2)32)28-22(34)15-6-8-17(9-7-15)31(4)13-16-12-26-21-20(27-16)23(35)30-24(25-3)29-21/h6-9,12,19H,5,10-11,13H2,1-4H3,(H,28,34)(H2,25,26,29,30,35). The molecule has 0 saturated heterocycles. The molecule has 11 heteroatoms. The number of fused-ring (bicyclic) bond motifs is 1. The van der Waals surface area contributed by atoms with E-state index >= 15 is 0 Å². The molecule has 0 saturated carbocycles. The van der Waals surface area contributed by atoms with Crippen molar-refractivity contribution in [3.8, 4) is 0 Å². The molecular formula is C24H29N7O4. The molecule has 0 aliphatic carbocycles. The third-order valence-corrected chi connectivity index (χ3v) is 5.58. The van der Waals surface area contributed by atoms with Crippen LogP contribution in [0.25, 0.3) is 11.2 Å². The van der Waals surface area contributed by atoms with Gasteiger partial charge in [-0.3, -0.25) is 24.2 Å². The summed E-state index contributed by atoms with van der Waals surface area (Å²) in [6, 6.07) is 6.18. The first-order chi connectivity index (χ1) is 16.7. The minimum Gasteiger partial charge on any atom is -0.369 e. The molecule has 2 heterocycles. The zero-order valence-corrected chi connectivity index (χ0v) is 20.2. The van der Waals surface area contributed by atoms with E-state index in [0.29, 0.717) is 30.2 Å². The van der Waals surface area contributed by atoms with Crippen LogP contribution in [0.5, 0.6) is 0 Å². The first-order valence-electron chi connectivity index (χ1n) is 11.3. The van der Waals surface area contributed by atoms with E-state index in [1.54, 1.807) is 44.4 Å². The van der Waals surface area contributed by atoms with E-state index in [-0.39, 0.29) is 47.0 Å². The van der Waals surface area contributed by atoms with Crippen LogP contribution in [0.3, 0.4) is 0 Å². The van der Waals surface area contributed by atoms with Crippen molar-refractivity contribution in [1.29, 1.82) is 0 Å². The number of benzene rings is 1. The maximum absolute atomic E-state index is 12.6. The molecule has 0 bridgehead atoms. The molecule has 2 aromatic heterocycles. The summed E-state index contributed by atoms with van der Waals surface area (Å²) in [6.07, 6.45) is 2.51. The lowest BCUT2D eigenvalue weighted by molar-refractivity contribution is -0.120. The van der Waals surface area contributed by atoms with Gasteiger partial charge in [-0.25, -0.2) is 9.97 Å². The van der Waals surface area contributed by atoms with Gasteiger partial charge in [-0.15, -0.1) is 0 Å². The monoisotopic (exact) mass is 479 g/mol. The molecule has 3 aromatic rings. The maximum atomic E-state index is 12.6. The van der Waals surface area contributed by atoms with Gasteiger partial charge in [0.25, 0.3) is 11.5 Å². The highest BCUT2D eigenvalue weighted by Crippen LogP contribution is 2.17. The summed E-state index contributed by atoms with van der Waals surface area (Å²) in [7, 11) is 3.50. The van der Waals surface area contributed by atoms with Gasteiger partial charge in [0.2, 0.25) is 5.95 Å². The number of hydrogen-bond acceptors (Lipinski definition) is 9. The van der Waals surface area contributed by atoms with Gasteiger partial charge in [-0.05, 0) is 37.6 Å². The molecule has 35 heavy (non-hydrogen) atoms. The van der Waals surface area contributed by atoms with Crippen molar-refractivity contribution < 1.29 is 14.4 Å². The second kappa shape index (κ2) is 11.3. The van der Waals surface area contributed by atoms with Crippen LogP contribution in [0, 0.1) is 0 Å². The Morgan fingerprint density at radius 2 is 1.86 bits per heavy atom. The van der Waals surface area contributed by atoms with Crippen LogP contribution in [-0.2, 0) is 16.1 Å². The third-order valence-electron chi connectivity index (χ3n) is 5.58. The van der Waals surface area contributed by atoms with E-state index in [1.165, 1.54) is 6.92 Å². The van der Waals surface area contributed by atoms with E-state index in [2.05, 4.69) is 30.6 Å². The number of aromatic amines is 1. The lowest BCUT2D eigenvalue weighted by Crippen LogP contribution is -2.40. The average Bonchev–Trinajstić information content (AvgIpc) is 2.86. The molecule has 184 valence electrons. The molecule has 0 fully saturated rings. The topological polar surface area (TPSA) is 150 Å². The number of ketones is 2.